The second-order valence-electron chi connectivity index (χ2n) is 4.31. The van der Waals surface area contributed by atoms with E-state index in [9.17, 15) is 0 Å². The van der Waals surface area contributed by atoms with Crippen LogP contribution >= 0.6 is 11.8 Å². The van der Waals surface area contributed by atoms with Crippen molar-refractivity contribution in [2.75, 3.05) is 0 Å². The highest BCUT2D eigenvalue weighted by atomic mass is 32.2. The lowest BCUT2D eigenvalue weighted by molar-refractivity contribution is 0.865. The van der Waals surface area contributed by atoms with Gasteiger partial charge in [-0.05, 0) is 35.7 Å². The summed E-state index contributed by atoms with van der Waals surface area (Å²) in [5, 5.41) is 8.80. The van der Waals surface area contributed by atoms with E-state index in [1.54, 1.807) is 24.0 Å². The topological polar surface area (TPSA) is 36.7 Å². The van der Waals surface area contributed by atoms with Crippen molar-refractivity contribution in [3.63, 3.8) is 0 Å². The highest BCUT2D eigenvalue weighted by molar-refractivity contribution is 7.99. The number of nitriles is 1. The Balaban J connectivity index is 2.16. The predicted octanol–water partition coefficient (Wildman–Crippen LogP) is 4.23. The molecule has 0 aliphatic carbocycles. The van der Waals surface area contributed by atoms with Crippen LogP contribution in [0.15, 0.2) is 52.4 Å². The van der Waals surface area contributed by atoms with Gasteiger partial charge in [0.15, 0.2) is 0 Å². The maximum Gasteiger partial charge on any atom is 0.141 e. The van der Waals surface area contributed by atoms with Crippen molar-refractivity contribution in [2.45, 2.75) is 29.6 Å². The van der Waals surface area contributed by atoms with Gasteiger partial charge in [-0.3, -0.25) is 0 Å². The molecule has 3 heteroatoms. The van der Waals surface area contributed by atoms with E-state index in [1.165, 1.54) is 10.5 Å². The summed E-state index contributed by atoms with van der Waals surface area (Å²) >= 11 is 1.65. The molecule has 0 aliphatic rings. The van der Waals surface area contributed by atoms with E-state index >= 15 is 0 Å². The summed E-state index contributed by atoms with van der Waals surface area (Å²) in [6.45, 7) is 4.37. The summed E-state index contributed by atoms with van der Waals surface area (Å²) in [4.78, 5) is 6.18. The number of nitrogens with zero attached hydrogens (tertiary/aromatic N) is 2. The van der Waals surface area contributed by atoms with Crippen LogP contribution in [-0.4, -0.2) is 4.98 Å². The lowest BCUT2D eigenvalue weighted by Crippen LogP contribution is -1.86. The number of pyridine rings is 1. The molecule has 90 valence electrons. The van der Waals surface area contributed by atoms with Gasteiger partial charge in [0.25, 0.3) is 0 Å². The van der Waals surface area contributed by atoms with Crippen molar-refractivity contribution in [1.82, 2.24) is 4.98 Å². The Morgan fingerprint density at radius 1 is 1.11 bits per heavy atom. The van der Waals surface area contributed by atoms with Gasteiger partial charge in [0.2, 0.25) is 0 Å². The minimum atomic E-state index is 0.457. The monoisotopic (exact) mass is 254 g/mol. The van der Waals surface area contributed by atoms with E-state index in [0.717, 1.165) is 4.90 Å². The number of hydrogen-bond acceptors (Lipinski definition) is 3. The molecule has 0 saturated heterocycles. The summed E-state index contributed by atoms with van der Waals surface area (Å²) in [6.07, 6.45) is 1.67. The smallest absolute Gasteiger partial charge is 0.141 e. The van der Waals surface area contributed by atoms with Crippen molar-refractivity contribution in [1.29, 1.82) is 5.26 Å². The van der Waals surface area contributed by atoms with Crippen LogP contribution < -0.4 is 0 Å². The number of rotatable bonds is 3. The first-order valence-corrected chi connectivity index (χ1v) is 6.64. The molecular weight excluding hydrogens is 240 g/mol. The summed E-state index contributed by atoms with van der Waals surface area (Å²) in [5.74, 6) is 0.551. The van der Waals surface area contributed by atoms with Gasteiger partial charge in [-0.15, -0.1) is 0 Å². The fourth-order valence-electron chi connectivity index (χ4n) is 1.59. The molecular formula is C15H14N2S. The van der Waals surface area contributed by atoms with Gasteiger partial charge in [-0.1, -0.05) is 37.7 Å². The Kier molecular flexibility index (Phi) is 4.01. The van der Waals surface area contributed by atoms with Gasteiger partial charge in [-0.2, -0.15) is 5.26 Å². The molecule has 0 radical (unpaired) electrons. The van der Waals surface area contributed by atoms with Crippen LogP contribution in [0.3, 0.4) is 0 Å². The van der Waals surface area contributed by atoms with Gasteiger partial charge in [0, 0.05) is 16.0 Å². The highest BCUT2D eigenvalue weighted by Crippen LogP contribution is 2.28. The third-order valence-corrected chi connectivity index (χ3v) is 3.63. The zero-order valence-corrected chi connectivity index (χ0v) is 11.2. The van der Waals surface area contributed by atoms with Gasteiger partial charge in [0.1, 0.15) is 11.8 Å². The number of benzene rings is 1. The maximum atomic E-state index is 8.80. The maximum absolute atomic E-state index is 8.80. The molecule has 1 heterocycles. The van der Waals surface area contributed by atoms with Crippen molar-refractivity contribution in [2.24, 2.45) is 0 Å². The zero-order valence-electron chi connectivity index (χ0n) is 10.4. The van der Waals surface area contributed by atoms with E-state index in [-0.39, 0.29) is 0 Å². The molecule has 0 saturated carbocycles. The van der Waals surface area contributed by atoms with Crippen molar-refractivity contribution >= 4 is 11.8 Å². The molecule has 18 heavy (non-hydrogen) atoms. The molecule has 0 aliphatic heterocycles. The Labute approximate surface area is 112 Å². The first-order chi connectivity index (χ1) is 8.69. The van der Waals surface area contributed by atoms with Crippen LogP contribution in [0.4, 0.5) is 0 Å². The molecule has 0 N–H and O–H groups in total. The number of hydrogen-bond donors (Lipinski definition) is 0. The average Bonchev–Trinajstić information content (AvgIpc) is 2.39. The lowest BCUT2D eigenvalue weighted by Gasteiger charge is -2.06. The molecule has 0 bridgehead atoms. The van der Waals surface area contributed by atoms with Crippen LogP contribution in [0.5, 0.6) is 0 Å². The third kappa shape index (κ3) is 3.12. The normalized spacial score (nSPS) is 10.3. The van der Waals surface area contributed by atoms with E-state index in [0.29, 0.717) is 11.6 Å². The van der Waals surface area contributed by atoms with Gasteiger partial charge in [-0.25, -0.2) is 4.98 Å². The molecule has 2 nitrogen and oxygen atoms in total. The van der Waals surface area contributed by atoms with Crippen LogP contribution in [0, 0.1) is 11.3 Å². The van der Waals surface area contributed by atoms with Gasteiger partial charge >= 0.3 is 0 Å². The molecule has 0 spiro atoms. The molecule has 0 atom stereocenters. The minimum Gasteiger partial charge on any atom is -0.245 e. The highest BCUT2D eigenvalue weighted by Gasteiger charge is 2.02. The zero-order chi connectivity index (χ0) is 13.0. The largest absolute Gasteiger partial charge is 0.245 e. The fourth-order valence-corrected chi connectivity index (χ4v) is 2.44. The Morgan fingerprint density at radius 2 is 1.83 bits per heavy atom. The first-order valence-electron chi connectivity index (χ1n) is 5.83. The van der Waals surface area contributed by atoms with E-state index in [2.05, 4.69) is 49.2 Å². The quantitative estimate of drug-likeness (QED) is 0.822. The van der Waals surface area contributed by atoms with Crippen LogP contribution in [0.1, 0.15) is 31.0 Å². The predicted molar refractivity (Wildman–Crippen MR) is 73.6 cm³/mol. The first kappa shape index (κ1) is 12.7. The third-order valence-electron chi connectivity index (χ3n) is 2.63. The standard InChI is InChI=1S/C15H14N2S/c1-11(2)12-3-5-14(6-4-12)18-15-7-8-17-13(9-15)10-16/h3-9,11H,1-2H3. The molecule has 0 amide bonds. The van der Waals surface area contributed by atoms with E-state index < -0.39 is 0 Å². The Bertz CT molecular complexity index is 568. The van der Waals surface area contributed by atoms with Gasteiger partial charge in [0.05, 0.1) is 0 Å². The fraction of sp³-hybridized carbons (Fsp3) is 0.200. The Hall–Kier alpha value is -1.79. The molecule has 2 rings (SSSR count). The van der Waals surface area contributed by atoms with E-state index in [1.807, 2.05) is 6.07 Å². The number of aromatic nitrogens is 1. The van der Waals surface area contributed by atoms with Crippen molar-refractivity contribution in [3.05, 3.63) is 53.9 Å². The summed E-state index contributed by atoms with van der Waals surface area (Å²) < 4.78 is 0. The molecule has 2 aromatic rings. The van der Waals surface area contributed by atoms with Crippen LogP contribution in [0.2, 0.25) is 0 Å². The molecule has 0 unspecified atom stereocenters. The SMILES string of the molecule is CC(C)c1ccc(Sc2ccnc(C#N)c2)cc1. The lowest BCUT2D eigenvalue weighted by atomic mass is 10.0. The summed E-state index contributed by atoms with van der Waals surface area (Å²) in [7, 11) is 0. The van der Waals surface area contributed by atoms with Crippen molar-refractivity contribution in [3.8, 4) is 6.07 Å². The minimum absolute atomic E-state index is 0.457. The second-order valence-corrected chi connectivity index (χ2v) is 5.46. The van der Waals surface area contributed by atoms with Crippen LogP contribution in [-0.2, 0) is 0 Å². The van der Waals surface area contributed by atoms with E-state index in [4.69, 9.17) is 5.26 Å². The molecule has 1 aromatic carbocycles. The van der Waals surface area contributed by atoms with Gasteiger partial charge < -0.3 is 0 Å². The second kappa shape index (κ2) is 5.70. The molecule has 1 aromatic heterocycles. The Morgan fingerprint density at radius 3 is 2.44 bits per heavy atom. The van der Waals surface area contributed by atoms with Crippen molar-refractivity contribution < 1.29 is 0 Å². The molecule has 0 fully saturated rings. The summed E-state index contributed by atoms with van der Waals surface area (Å²) in [6, 6.07) is 14.3. The van der Waals surface area contributed by atoms with Crippen LogP contribution in [0.25, 0.3) is 0 Å². The summed E-state index contributed by atoms with van der Waals surface area (Å²) in [5.41, 5.74) is 1.80. The average molecular weight is 254 g/mol.